The zero-order chi connectivity index (χ0) is 17.6. The number of aromatic nitrogens is 1. The van der Waals surface area contributed by atoms with Crippen molar-refractivity contribution >= 4 is 38.1 Å². The van der Waals surface area contributed by atoms with E-state index in [0.717, 1.165) is 34.7 Å². The summed E-state index contributed by atoms with van der Waals surface area (Å²) in [5.74, 6) is 0. The predicted molar refractivity (Wildman–Crippen MR) is 103 cm³/mol. The van der Waals surface area contributed by atoms with Gasteiger partial charge in [-0.2, -0.15) is 5.26 Å². The second-order valence-corrected chi connectivity index (χ2v) is 6.68. The first-order valence-electron chi connectivity index (χ1n) is 8.20. The zero-order valence-corrected chi connectivity index (χ0v) is 15.1. The Labute approximate surface area is 151 Å². The largest absolute Gasteiger partial charge is 0.371 e. The normalized spacial score (nSPS) is 11.1. The molecule has 1 heterocycles. The van der Waals surface area contributed by atoms with Gasteiger partial charge in [0.15, 0.2) is 0 Å². The standard InChI is InChI=1S/C19H19N5S/c1-3-24(12-4-11-20)16-8-6-15(7-9-16)22-23-19-21-17-10-5-14(2)13-18(17)25-19/h5-10,13H,3-4,12H2,1-2H3. The van der Waals surface area contributed by atoms with Crippen LogP contribution < -0.4 is 4.90 Å². The highest BCUT2D eigenvalue weighted by Crippen LogP contribution is 2.30. The van der Waals surface area contributed by atoms with E-state index in [1.165, 1.54) is 5.56 Å². The molecule has 0 amide bonds. The Bertz CT molecular complexity index is 921. The lowest BCUT2D eigenvalue weighted by atomic mass is 10.2. The Hall–Kier alpha value is -2.78. The molecule has 6 heteroatoms. The fraction of sp³-hybridized carbons (Fsp3) is 0.263. The Balaban J connectivity index is 1.73. The lowest BCUT2D eigenvalue weighted by molar-refractivity contribution is 0.827. The minimum atomic E-state index is 0.520. The first kappa shape index (κ1) is 17.1. The maximum absolute atomic E-state index is 8.74. The van der Waals surface area contributed by atoms with Crippen molar-refractivity contribution in [3.63, 3.8) is 0 Å². The number of fused-ring (bicyclic) bond motifs is 1. The number of benzene rings is 2. The number of rotatable bonds is 6. The molecule has 0 saturated heterocycles. The van der Waals surface area contributed by atoms with E-state index in [2.05, 4.69) is 46.1 Å². The van der Waals surface area contributed by atoms with Crippen LogP contribution in [0, 0.1) is 18.3 Å². The van der Waals surface area contributed by atoms with Gasteiger partial charge in [0.2, 0.25) is 5.13 Å². The highest BCUT2D eigenvalue weighted by atomic mass is 32.1. The van der Waals surface area contributed by atoms with E-state index in [1.54, 1.807) is 11.3 Å². The summed E-state index contributed by atoms with van der Waals surface area (Å²) >= 11 is 1.54. The third-order valence-electron chi connectivity index (χ3n) is 3.87. The molecule has 0 unspecified atom stereocenters. The van der Waals surface area contributed by atoms with E-state index in [4.69, 9.17) is 5.26 Å². The summed E-state index contributed by atoms with van der Waals surface area (Å²) in [4.78, 5) is 6.65. The lowest BCUT2D eigenvalue weighted by Gasteiger charge is -2.21. The minimum absolute atomic E-state index is 0.520. The number of thiazole rings is 1. The molecule has 1 aromatic heterocycles. The van der Waals surface area contributed by atoms with Gasteiger partial charge in [0, 0.05) is 18.8 Å². The van der Waals surface area contributed by atoms with Crippen LogP contribution >= 0.6 is 11.3 Å². The molecule has 0 spiro atoms. The summed E-state index contributed by atoms with van der Waals surface area (Å²) in [6.45, 7) is 5.75. The van der Waals surface area contributed by atoms with Gasteiger partial charge in [-0.1, -0.05) is 17.4 Å². The van der Waals surface area contributed by atoms with Crippen molar-refractivity contribution in [3.8, 4) is 6.07 Å². The minimum Gasteiger partial charge on any atom is -0.371 e. The molecule has 2 aromatic carbocycles. The first-order chi connectivity index (χ1) is 12.2. The molecule has 0 aliphatic carbocycles. The van der Waals surface area contributed by atoms with Gasteiger partial charge < -0.3 is 4.90 Å². The molecule has 0 N–H and O–H groups in total. The number of aryl methyl sites for hydroxylation is 1. The summed E-state index contributed by atoms with van der Waals surface area (Å²) in [6.07, 6.45) is 0.520. The second kappa shape index (κ2) is 7.86. The molecule has 0 radical (unpaired) electrons. The number of nitriles is 1. The molecule has 0 aliphatic heterocycles. The Kier molecular flexibility index (Phi) is 5.36. The maximum Gasteiger partial charge on any atom is 0.231 e. The number of anilines is 1. The van der Waals surface area contributed by atoms with Crippen LogP contribution in [0.1, 0.15) is 18.9 Å². The van der Waals surface area contributed by atoms with Crippen molar-refractivity contribution < 1.29 is 0 Å². The van der Waals surface area contributed by atoms with Gasteiger partial charge in [-0.3, -0.25) is 0 Å². The fourth-order valence-electron chi connectivity index (χ4n) is 2.55. The van der Waals surface area contributed by atoms with E-state index in [1.807, 2.05) is 36.4 Å². The summed E-state index contributed by atoms with van der Waals surface area (Å²) in [5.41, 5.74) is 4.05. The quantitative estimate of drug-likeness (QED) is 0.531. The molecule has 0 fully saturated rings. The van der Waals surface area contributed by atoms with Gasteiger partial charge in [0.1, 0.15) is 0 Å². The molecule has 126 valence electrons. The fourth-order valence-corrected chi connectivity index (χ4v) is 3.43. The third kappa shape index (κ3) is 4.20. The van der Waals surface area contributed by atoms with E-state index in [-0.39, 0.29) is 0 Å². The van der Waals surface area contributed by atoms with Crippen LogP contribution in [0.25, 0.3) is 10.2 Å². The molecule has 0 atom stereocenters. The van der Waals surface area contributed by atoms with Crippen molar-refractivity contribution in [2.45, 2.75) is 20.3 Å². The smallest absolute Gasteiger partial charge is 0.231 e. The van der Waals surface area contributed by atoms with E-state index in [0.29, 0.717) is 11.6 Å². The number of azo groups is 1. The van der Waals surface area contributed by atoms with Crippen LogP contribution in [0.4, 0.5) is 16.5 Å². The van der Waals surface area contributed by atoms with Gasteiger partial charge in [-0.15, -0.1) is 10.2 Å². The molecule has 0 bridgehead atoms. The summed E-state index contributed by atoms with van der Waals surface area (Å²) in [5, 5.41) is 17.9. The maximum atomic E-state index is 8.74. The van der Waals surface area contributed by atoms with Gasteiger partial charge in [0.25, 0.3) is 0 Å². The van der Waals surface area contributed by atoms with Gasteiger partial charge in [-0.25, -0.2) is 4.98 Å². The number of hydrogen-bond donors (Lipinski definition) is 0. The molecular formula is C19H19N5S. The molecule has 3 rings (SSSR count). The number of nitrogens with zero attached hydrogens (tertiary/aromatic N) is 5. The molecular weight excluding hydrogens is 330 g/mol. The molecule has 5 nitrogen and oxygen atoms in total. The molecule has 0 aliphatic rings. The van der Waals surface area contributed by atoms with Crippen LogP contribution in [0.5, 0.6) is 0 Å². The highest BCUT2D eigenvalue weighted by Gasteiger charge is 2.05. The molecule has 25 heavy (non-hydrogen) atoms. The van der Waals surface area contributed by atoms with Gasteiger partial charge >= 0.3 is 0 Å². The van der Waals surface area contributed by atoms with Crippen molar-refractivity contribution in [2.75, 3.05) is 18.0 Å². The van der Waals surface area contributed by atoms with E-state index in [9.17, 15) is 0 Å². The van der Waals surface area contributed by atoms with E-state index < -0.39 is 0 Å². The van der Waals surface area contributed by atoms with Crippen molar-refractivity contribution in [2.24, 2.45) is 10.2 Å². The van der Waals surface area contributed by atoms with Crippen LogP contribution in [0.2, 0.25) is 0 Å². The summed E-state index contributed by atoms with van der Waals surface area (Å²) in [6, 6.07) is 16.2. The zero-order valence-electron chi connectivity index (χ0n) is 14.3. The van der Waals surface area contributed by atoms with Crippen LogP contribution in [0.3, 0.4) is 0 Å². The van der Waals surface area contributed by atoms with Crippen molar-refractivity contribution in [1.82, 2.24) is 4.98 Å². The summed E-state index contributed by atoms with van der Waals surface area (Å²) < 4.78 is 1.13. The van der Waals surface area contributed by atoms with E-state index >= 15 is 0 Å². The monoisotopic (exact) mass is 349 g/mol. The average Bonchev–Trinajstić information content (AvgIpc) is 3.03. The molecule has 0 saturated carbocycles. The van der Waals surface area contributed by atoms with Crippen LogP contribution in [0.15, 0.2) is 52.7 Å². The lowest BCUT2D eigenvalue weighted by Crippen LogP contribution is -2.23. The van der Waals surface area contributed by atoms with Gasteiger partial charge in [-0.05, 0) is 55.8 Å². The number of hydrogen-bond acceptors (Lipinski definition) is 6. The first-order valence-corrected chi connectivity index (χ1v) is 9.02. The Morgan fingerprint density at radius 3 is 2.68 bits per heavy atom. The topological polar surface area (TPSA) is 64.6 Å². The summed E-state index contributed by atoms with van der Waals surface area (Å²) in [7, 11) is 0. The second-order valence-electron chi connectivity index (χ2n) is 5.67. The predicted octanol–water partition coefficient (Wildman–Crippen LogP) is 5.76. The van der Waals surface area contributed by atoms with Crippen LogP contribution in [-0.4, -0.2) is 18.1 Å². The third-order valence-corrected chi connectivity index (χ3v) is 4.78. The van der Waals surface area contributed by atoms with Crippen molar-refractivity contribution in [1.29, 1.82) is 5.26 Å². The molecule has 3 aromatic rings. The average molecular weight is 349 g/mol. The SMILES string of the molecule is CCN(CCC#N)c1ccc(N=Nc2nc3ccc(C)cc3s2)cc1. The Morgan fingerprint density at radius 1 is 1.16 bits per heavy atom. The van der Waals surface area contributed by atoms with Crippen LogP contribution in [-0.2, 0) is 0 Å². The van der Waals surface area contributed by atoms with Crippen molar-refractivity contribution in [3.05, 3.63) is 48.0 Å². The van der Waals surface area contributed by atoms with Gasteiger partial charge in [0.05, 0.1) is 28.4 Å². The Morgan fingerprint density at radius 2 is 1.96 bits per heavy atom. The highest BCUT2D eigenvalue weighted by molar-refractivity contribution is 7.21.